The van der Waals surface area contributed by atoms with Crippen LogP contribution in [0.15, 0.2) is 0 Å². The van der Waals surface area contributed by atoms with E-state index in [4.69, 9.17) is 5.11 Å². The molecule has 0 rings (SSSR count). The molecular formula is C10H22N2O2. The van der Waals surface area contributed by atoms with Gasteiger partial charge in [-0.1, -0.05) is 6.92 Å². The Hall–Kier alpha value is -0.610. The SMILES string of the molecule is CCC(CCO)NC(C)C(=O)N(C)C. The molecule has 0 aliphatic heterocycles. The fourth-order valence-corrected chi connectivity index (χ4v) is 1.37. The van der Waals surface area contributed by atoms with E-state index in [9.17, 15) is 4.79 Å². The van der Waals surface area contributed by atoms with Crippen LogP contribution in [0.3, 0.4) is 0 Å². The molecule has 4 heteroatoms. The third kappa shape index (κ3) is 4.58. The first-order chi connectivity index (χ1) is 6.52. The zero-order chi connectivity index (χ0) is 11.1. The van der Waals surface area contributed by atoms with Crippen LogP contribution in [0.1, 0.15) is 26.7 Å². The summed E-state index contributed by atoms with van der Waals surface area (Å²) in [6.07, 6.45) is 1.62. The molecule has 0 saturated carbocycles. The number of amides is 1. The number of carbonyl (C=O) groups excluding carboxylic acids is 1. The van der Waals surface area contributed by atoms with E-state index in [1.807, 2.05) is 13.8 Å². The maximum absolute atomic E-state index is 11.5. The van der Waals surface area contributed by atoms with Gasteiger partial charge >= 0.3 is 0 Å². The fraction of sp³-hybridized carbons (Fsp3) is 0.900. The summed E-state index contributed by atoms with van der Waals surface area (Å²) < 4.78 is 0. The molecule has 84 valence electrons. The highest BCUT2D eigenvalue weighted by molar-refractivity contribution is 5.80. The molecular weight excluding hydrogens is 180 g/mol. The highest BCUT2D eigenvalue weighted by Crippen LogP contribution is 1.99. The third-order valence-corrected chi connectivity index (χ3v) is 2.27. The second-order valence-electron chi connectivity index (χ2n) is 3.74. The van der Waals surface area contributed by atoms with Crippen molar-refractivity contribution in [2.24, 2.45) is 0 Å². The molecule has 14 heavy (non-hydrogen) atoms. The first kappa shape index (κ1) is 13.4. The van der Waals surface area contributed by atoms with E-state index in [1.165, 1.54) is 0 Å². The molecule has 0 radical (unpaired) electrons. The molecule has 0 aliphatic rings. The van der Waals surface area contributed by atoms with Crippen LogP contribution in [-0.2, 0) is 4.79 Å². The molecule has 2 atom stereocenters. The second-order valence-corrected chi connectivity index (χ2v) is 3.74. The van der Waals surface area contributed by atoms with Crippen molar-refractivity contribution in [1.82, 2.24) is 10.2 Å². The van der Waals surface area contributed by atoms with Gasteiger partial charge in [-0.2, -0.15) is 0 Å². The van der Waals surface area contributed by atoms with Gasteiger partial charge in [-0.05, 0) is 19.8 Å². The van der Waals surface area contributed by atoms with E-state index in [1.54, 1.807) is 19.0 Å². The van der Waals surface area contributed by atoms with Gasteiger partial charge in [0.05, 0.1) is 6.04 Å². The van der Waals surface area contributed by atoms with Crippen molar-refractivity contribution < 1.29 is 9.90 Å². The minimum atomic E-state index is -0.179. The average molecular weight is 202 g/mol. The van der Waals surface area contributed by atoms with Gasteiger partial charge in [0.25, 0.3) is 0 Å². The molecule has 0 saturated heterocycles. The Labute approximate surface area is 86.3 Å². The van der Waals surface area contributed by atoms with E-state index in [0.29, 0.717) is 6.42 Å². The topological polar surface area (TPSA) is 52.6 Å². The van der Waals surface area contributed by atoms with Crippen LogP contribution in [0.4, 0.5) is 0 Å². The molecule has 0 bridgehead atoms. The maximum Gasteiger partial charge on any atom is 0.238 e. The standard InChI is InChI=1S/C10H22N2O2/c1-5-9(6-7-13)11-8(2)10(14)12(3)4/h8-9,11,13H,5-7H2,1-4H3. The Balaban J connectivity index is 4.01. The minimum absolute atomic E-state index is 0.0707. The van der Waals surface area contributed by atoms with Crippen LogP contribution in [0.2, 0.25) is 0 Å². The molecule has 0 aromatic heterocycles. The van der Waals surface area contributed by atoms with Gasteiger partial charge < -0.3 is 15.3 Å². The lowest BCUT2D eigenvalue weighted by Crippen LogP contribution is -2.46. The number of rotatable bonds is 6. The molecule has 4 nitrogen and oxygen atoms in total. The predicted molar refractivity (Wildman–Crippen MR) is 57.1 cm³/mol. The van der Waals surface area contributed by atoms with Crippen molar-refractivity contribution in [2.75, 3.05) is 20.7 Å². The molecule has 2 N–H and O–H groups in total. The first-order valence-electron chi connectivity index (χ1n) is 5.11. The van der Waals surface area contributed by atoms with Gasteiger partial charge in [0.1, 0.15) is 0 Å². The minimum Gasteiger partial charge on any atom is -0.396 e. The van der Waals surface area contributed by atoms with E-state index in [-0.39, 0.29) is 24.6 Å². The van der Waals surface area contributed by atoms with E-state index < -0.39 is 0 Å². The zero-order valence-corrected chi connectivity index (χ0v) is 9.58. The molecule has 0 aliphatic carbocycles. The van der Waals surface area contributed by atoms with Crippen LogP contribution in [0, 0.1) is 0 Å². The van der Waals surface area contributed by atoms with Crippen LogP contribution < -0.4 is 5.32 Å². The lowest BCUT2D eigenvalue weighted by Gasteiger charge is -2.23. The molecule has 0 aromatic rings. The summed E-state index contributed by atoms with van der Waals surface area (Å²) in [5.74, 6) is 0.0707. The largest absolute Gasteiger partial charge is 0.396 e. The number of likely N-dealkylation sites (N-methyl/N-ethyl adjacent to an activating group) is 1. The van der Waals surface area contributed by atoms with Gasteiger partial charge in [0.2, 0.25) is 5.91 Å². The summed E-state index contributed by atoms with van der Waals surface area (Å²) in [6.45, 7) is 4.05. The third-order valence-electron chi connectivity index (χ3n) is 2.27. The van der Waals surface area contributed by atoms with E-state index in [2.05, 4.69) is 5.32 Å². The van der Waals surface area contributed by atoms with E-state index >= 15 is 0 Å². The summed E-state index contributed by atoms with van der Waals surface area (Å²) in [4.78, 5) is 13.1. The van der Waals surface area contributed by atoms with E-state index in [0.717, 1.165) is 6.42 Å². The summed E-state index contributed by atoms with van der Waals surface area (Å²) in [5.41, 5.74) is 0. The number of hydrogen-bond donors (Lipinski definition) is 2. The maximum atomic E-state index is 11.5. The summed E-state index contributed by atoms with van der Waals surface area (Å²) in [6, 6.07) is 0.0420. The monoisotopic (exact) mass is 202 g/mol. The molecule has 0 heterocycles. The number of aliphatic hydroxyl groups is 1. The molecule has 0 fully saturated rings. The average Bonchev–Trinajstić information content (AvgIpc) is 2.15. The Morgan fingerprint density at radius 1 is 1.50 bits per heavy atom. The van der Waals surface area contributed by atoms with Crippen molar-refractivity contribution in [1.29, 1.82) is 0 Å². The normalized spacial score (nSPS) is 14.9. The zero-order valence-electron chi connectivity index (χ0n) is 9.58. The quantitative estimate of drug-likeness (QED) is 0.647. The molecule has 2 unspecified atom stereocenters. The Kier molecular flexibility index (Phi) is 6.49. The number of hydrogen-bond acceptors (Lipinski definition) is 3. The number of nitrogens with one attached hydrogen (secondary N) is 1. The number of carbonyl (C=O) groups is 1. The van der Waals surface area contributed by atoms with Crippen molar-refractivity contribution >= 4 is 5.91 Å². The number of nitrogens with zero attached hydrogens (tertiary/aromatic N) is 1. The van der Waals surface area contributed by atoms with Crippen LogP contribution in [-0.4, -0.2) is 48.7 Å². The Bertz CT molecular complexity index is 172. The van der Waals surface area contributed by atoms with Crippen molar-refractivity contribution in [3.05, 3.63) is 0 Å². The Morgan fingerprint density at radius 2 is 2.07 bits per heavy atom. The summed E-state index contributed by atoms with van der Waals surface area (Å²) >= 11 is 0. The molecule has 1 amide bonds. The molecule has 0 aromatic carbocycles. The second kappa shape index (κ2) is 6.79. The van der Waals surface area contributed by atoms with Gasteiger partial charge in [-0.25, -0.2) is 0 Å². The van der Waals surface area contributed by atoms with Crippen molar-refractivity contribution in [2.45, 2.75) is 38.8 Å². The lowest BCUT2D eigenvalue weighted by molar-refractivity contribution is -0.130. The highest BCUT2D eigenvalue weighted by Gasteiger charge is 2.17. The number of aliphatic hydroxyl groups excluding tert-OH is 1. The van der Waals surface area contributed by atoms with Crippen LogP contribution in [0.25, 0.3) is 0 Å². The van der Waals surface area contributed by atoms with Gasteiger partial charge in [-0.15, -0.1) is 0 Å². The predicted octanol–water partition coefficient (Wildman–Crippen LogP) is 0.214. The van der Waals surface area contributed by atoms with Gasteiger partial charge in [0, 0.05) is 26.7 Å². The lowest BCUT2D eigenvalue weighted by atomic mass is 10.1. The summed E-state index contributed by atoms with van der Waals surface area (Å²) in [7, 11) is 3.49. The van der Waals surface area contributed by atoms with Crippen molar-refractivity contribution in [3.63, 3.8) is 0 Å². The van der Waals surface area contributed by atoms with Crippen LogP contribution in [0.5, 0.6) is 0 Å². The fourth-order valence-electron chi connectivity index (χ4n) is 1.37. The van der Waals surface area contributed by atoms with Gasteiger partial charge in [0.15, 0.2) is 0 Å². The van der Waals surface area contributed by atoms with Crippen LogP contribution >= 0.6 is 0 Å². The van der Waals surface area contributed by atoms with Gasteiger partial charge in [-0.3, -0.25) is 4.79 Å². The molecule has 0 spiro atoms. The smallest absolute Gasteiger partial charge is 0.238 e. The summed E-state index contributed by atoms with van der Waals surface area (Å²) in [5, 5.41) is 12.0. The highest BCUT2D eigenvalue weighted by atomic mass is 16.3. The first-order valence-corrected chi connectivity index (χ1v) is 5.11. The Morgan fingerprint density at radius 3 is 2.43 bits per heavy atom. The van der Waals surface area contributed by atoms with Crippen molar-refractivity contribution in [3.8, 4) is 0 Å².